The minimum Gasteiger partial charge on any atom is -0.467 e. The predicted octanol–water partition coefficient (Wildman–Crippen LogP) is 3.62. The van der Waals surface area contributed by atoms with Crippen LogP contribution in [0.25, 0.3) is 11.0 Å². The summed E-state index contributed by atoms with van der Waals surface area (Å²) < 4.78 is 34.9. The number of rotatable bonds is 8. The van der Waals surface area contributed by atoms with Crippen LogP contribution in [0.3, 0.4) is 0 Å². The number of fused-ring (bicyclic) bond motifs is 1. The van der Waals surface area contributed by atoms with Gasteiger partial charge < -0.3 is 14.3 Å². The van der Waals surface area contributed by atoms with Gasteiger partial charge in [-0.3, -0.25) is 4.79 Å². The molecule has 1 aliphatic heterocycles. The summed E-state index contributed by atoms with van der Waals surface area (Å²) in [6.45, 7) is 5.96. The lowest BCUT2D eigenvalue weighted by Crippen LogP contribution is -2.35. The quantitative estimate of drug-likeness (QED) is 0.499. The molecule has 8 nitrogen and oxygen atoms in total. The number of imidazole rings is 1. The second-order valence-corrected chi connectivity index (χ2v) is 11.1. The highest BCUT2D eigenvalue weighted by Gasteiger charge is 2.27. The molecule has 1 N–H and O–H groups in total. The fraction of sp³-hybridized carbons (Fsp3) is 0.455. The lowest BCUT2D eigenvalue weighted by Gasteiger charge is -2.25. The Morgan fingerprint density at radius 2 is 2.03 bits per heavy atom. The maximum Gasteiger partial charge on any atom is 0.243 e. The Labute approximate surface area is 192 Å². The molecular weight excluding hydrogens is 448 g/mol. The van der Waals surface area contributed by atoms with Crippen molar-refractivity contribution in [2.24, 2.45) is 0 Å². The van der Waals surface area contributed by atoms with Gasteiger partial charge in [0.05, 0.1) is 34.0 Å². The Morgan fingerprint density at radius 1 is 1.25 bits per heavy atom. The second kappa shape index (κ2) is 9.68. The number of aromatic nitrogens is 2. The summed E-state index contributed by atoms with van der Waals surface area (Å²) in [6, 6.07) is 8.71. The SMILES string of the molecule is CCn1c(SC(C)C(=O)NCc2ccco2)nc2cc(S(=O)(=O)N3CCCCC3)ccc21. The number of benzene rings is 1. The van der Waals surface area contributed by atoms with E-state index in [1.807, 2.05) is 30.5 Å². The fourth-order valence-electron chi connectivity index (χ4n) is 3.84. The zero-order valence-corrected chi connectivity index (χ0v) is 19.9. The summed E-state index contributed by atoms with van der Waals surface area (Å²) in [5.41, 5.74) is 1.48. The molecule has 0 saturated carbocycles. The van der Waals surface area contributed by atoms with E-state index in [9.17, 15) is 13.2 Å². The van der Waals surface area contributed by atoms with Crippen molar-refractivity contribution in [1.82, 2.24) is 19.2 Å². The van der Waals surface area contributed by atoms with Crippen LogP contribution in [-0.4, -0.2) is 46.5 Å². The van der Waals surface area contributed by atoms with Crippen molar-refractivity contribution in [2.75, 3.05) is 13.1 Å². The normalized spacial score (nSPS) is 16.3. The molecule has 0 radical (unpaired) electrons. The monoisotopic (exact) mass is 476 g/mol. The van der Waals surface area contributed by atoms with Gasteiger partial charge in [-0.15, -0.1) is 0 Å². The van der Waals surface area contributed by atoms with Crippen LogP contribution >= 0.6 is 11.8 Å². The van der Waals surface area contributed by atoms with Gasteiger partial charge in [-0.25, -0.2) is 13.4 Å². The molecule has 0 bridgehead atoms. The van der Waals surface area contributed by atoms with E-state index in [1.165, 1.54) is 11.8 Å². The van der Waals surface area contributed by atoms with E-state index < -0.39 is 10.0 Å². The van der Waals surface area contributed by atoms with Gasteiger partial charge in [-0.1, -0.05) is 18.2 Å². The van der Waals surface area contributed by atoms with Crippen molar-refractivity contribution in [3.8, 4) is 0 Å². The molecule has 10 heteroatoms. The van der Waals surface area contributed by atoms with Gasteiger partial charge in [0.2, 0.25) is 15.9 Å². The summed E-state index contributed by atoms with van der Waals surface area (Å²) in [5.74, 6) is 0.577. The number of amides is 1. The highest BCUT2D eigenvalue weighted by Crippen LogP contribution is 2.30. The number of aryl methyl sites for hydroxylation is 1. The number of nitrogens with one attached hydrogen (secondary N) is 1. The number of hydrogen-bond acceptors (Lipinski definition) is 6. The molecule has 3 aromatic rings. The summed E-state index contributed by atoms with van der Waals surface area (Å²) in [6.07, 6.45) is 4.43. The maximum atomic E-state index is 13.1. The number of thioether (sulfide) groups is 1. The molecule has 1 unspecified atom stereocenters. The van der Waals surface area contributed by atoms with E-state index in [-0.39, 0.29) is 16.1 Å². The summed E-state index contributed by atoms with van der Waals surface area (Å²) in [5, 5.41) is 3.19. The highest BCUT2D eigenvalue weighted by atomic mass is 32.2. The van der Waals surface area contributed by atoms with E-state index in [1.54, 1.807) is 28.8 Å². The molecule has 0 spiro atoms. The van der Waals surface area contributed by atoms with Gasteiger partial charge in [-0.2, -0.15) is 4.31 Å². The van der Waals surface area contributed by atoms with Gasteiger partial charge in [0, 0.05) is 19.6 Å². The molecule has 32 heavy (non-hydrogen) atoms. The van der Waals surface area contributed by atoms with Gasteiger partial charge >= 0.3 is 0 Å². The van der Waals surface area contributed by atoms with E-state index in [4.69, 9.17) is 4.42 Å². The zero-order chi connectivity index (χ0) is 22.7. The van der Waals surface area contributed by atoms with Crippen LogP contribution < -0.4 is 5.32 Å². The van der Waals surface area contributed by atoms with Gasteiger partial charge in [0.1, 0.15) is 5.76 Å². The molecule has 3 heterocycles. The Bertz CT molecular complexity index is 1180. The van der Waals surface area contributed by atoms with Crippen molar-refractivity contribution >= 4 is 38.7 Å². The van der Waals surface area contributed by atoms with Crippen LogP contribution in [0.5, 0.6) is 0 Å². The van der Waals surface area contributed by atoms with E-state index >= 15 is 0 Å². The minimum atomic E-state index is -3.52. The molecule has 1 fully saturated rings. The van der Waals surface area contributed by atoms with Crippen LogP contribution in [-0.2, 0) is 27.9 Å². The highest BCUT2D eigenvalue weighted by molar-refractivity contribution is 8.00. The third-order valence-electron chi connectivity index (χ3n) is 5.62. The third-order valence-corrected chi connectivity index (χ3v) is 8.61. The number of nitrogens with zero attached hydrogens (tertiary/aromatic N) is 3. The Balaban J connectivity index is 1.53. The topological polar surface area (TPSA) is 97.4 Å². The number of carbonyl (C=O) groups is 1. The van der Waals surface area contributed by atoms with Crippen molar-refractivity contribution in [1.29, 1.82) is 0 Å². The number of hydrogen-bond donors (Lipinski definition) is 1. The Morgan fingerprint density at radius 3 is 2.72 bits per heavy atom. The molecule has 1 saturated heterocycles. The summed E-state index contributed by atoms with van der Waals surface area (Å²) >= 11 is 1.36. The molecule has 1 amide bonds. The molecule has 1 aliphatic rings. The lowest BCUT2D eigenvalue weighted by atomic mass is 10.2. The van der Waals surface area contributed by atoms with Crippen LogP contribution in [0.1, 0.15) is 38.9 Å². The van der Waals surface area contributed by atoms with E-state index in [2.05, 4.69) is 10.3 Å². The smallest absolute Gasteiger partial charge is 0.243 e. The minimum absolute atomic E-state index is 0.116. The Kier molecular flexibility index (Phi) is 6.92. The first-order valence-corrected chi connectivity index (χ1v) is 13.2. The number of furan rings is 1. The number of carbonyl (C=O) groups excluding carboxylic acids is 1. The maximum absolute atomic E-state index is 13.1. The largest absolute Gasteiger partial charge is 0.467 e. The molecule has 0 aliphatic carbocycles. The van der Waals surface area contributed by atoms with Crippen LogP contribution in [0.4, 0.5) is 0 Å². The lowest BCUT2D eigenvalue weighted by molar-refractivity contribution is -0.120. The predicted molar refractivity (Wildman–Crippen MR) is 124 cm³/mol. The molecular formula is C22H28N4O4S2. The first-order chi connectivity index (χ1) is 15.4. The molecule has 1 aromatic carbocycles. The molecule has 172 valence electrons. The third kappa shape index (κ3) is 4.72. The number of sulfonamides is 1. The Hall–Kier alpha value is -2.30. The van der Waals surface area contributed by atoms with Gasteiger partial charge in [0.15, 0.2) is 5.16 Å². The van der Waals surface area contributed by atoms with E-state index in [0.29, 0.717) is 42.6 Å². The number of piperidine rings is 1. The standard InChI is InChI=1S/C22H28N4O4S2/c1-3-26-20-10-9-18(32(28,29)25-11-5-4-6-12-25)14-19(20)24-22(26)31-16(2)21(27)23-15-17-8-7-13-30-17/h7-10,13-14,16H,3-6,11-12,15H2,1-2H3,(H,23,27). The van der Waals surface area contributed by atoms with Gasteiger partial charge in [-0.05, 0) is 57.0 Å². The molecule has 4 rings (SSSR count). The zero-order valence-electron chi connectivity index (χ0n) is 18.3. The second-order valence-electron chi connectivity index (χ2n) is 7.81. The first kappa shape index (κ1) is 22.9. The van der Waals surface area contributed by atoms with Crippen LogP contribution in [0.15, 0.2) is 51.1 Å². The van der Waals surface area contributed by atoms with Crippen molar-refractivity contribution in [3.63, 3.8) is 0 Å². The first-order valence-electron chi connectivity index (χ1n) is 10.9. The summed E-state index contributed by atoms with van der Waals surface area (Å²) in [4.78, 5) is 17.5. The van der Waals surface area contributed by atoms with Crippen LogP contribution in [0.2, 0.25) is 0 Å². The van der Waals surface area contributed by atoms with Crippen molar-refractivity contribution < 1.29 is 17.6 Å². The molecule has 1 atom stereocenters. The summed E-state index contributed by atoms with van der Waals surface area (Å²) in [7, 11) is -3.52. The van der Waals surface area contributed by atoms with Crippen LogP contribution in [0, 0.1) is 0 Å². The van der Waals surface area contributed by atoms with Gasteiger partial charge in [0.25, 0.3) is 0 Å². The van der Waals surface area contributed by atoms with Crippen molar-refractivity contribution in [3.05, 3.63) is 42.4 Å². The van der Waals surface area contributed by atoms with E-state index in [0.717, 1.165) is 24.8 Å². The molecule has 2 aromatic heterocycles. The average Bonchev–Trinajstić information content (AvgIpc) is 3.44. The average molecular weight is 477 g/mol. The fourth-order valence-corrected chi connectivity index (χ4v) is 6.39. The van der Waals surface area contributed by atoms with Crippen molar-refractivity contribution in [2.45, 2.75) is 61.5 Å².